The summed E-state index contributed by atoms with van der Waals surface area (Å²) in [7, 11) is 0. The molecule has 0 radical (unpaired) electrons. The second kappa shape index (κ2) is 11.3. The predicted octanol–water partition coefficient (Wildman–Crippen LogP) is 2.01. The van der Waals surface area contributed by atoms with Crippen LogP contribution in [-0.2, 0) is 23.9 Å². The van der Waals surface area contributed by atoms with Crippen LogP contribution in [0.3, 0.4) is 0 Å². The summed E-state index contributed by atoms with van der Waals surface area (Å²) in [5.74, 6) is -3.94. The number of rotatable bonds is 9. The van der Waals surface area contributed by atoms with Crippen LogP contribution in [0.25, 0.3) is 11.1 Å². The van der Waals surface area contributed by atoms with Crippen molar-refractivity contribution >= 4 is 41.3 Å². The first-order chi connectivity index (χ1) is 18.5. The molecular formula is C25H24F2N4O8. The number of cyclic esters (lactones) is 2. The van der Waals surface area contributed by atoms with Crippen LogP contribution in [0, 0.1) is 11.6 Å². The highest BCUT2D eigenvalue weighted by molar-refractivity contribution is 5.94. The molecule has 3 N–H and O–H groups in total. The van der Waals surface area contributed by atoms with E-state index in [2.05, 4.69) is 10.6 Å². The Kier molecular flexibility index (Phi) is 7.93. The zero-order chi connectivity index (χ0) is 28.3. The second-order valence-electron chi connectivity index (χ2n) is 8.87. The van der Waals surface area contributed by atoms with Crippen molar-refractivity contribution in [2.75, 3.05) is 36.0 Å². The first-order valence-electron chi connectivity index (χ1n) is 11.8. The third-order valence-electron chi connectivity index (χ3n) is 5.98. The Bertz CT molecular complexity index is 1340. The fraction of sp³-hybridized carbons (Fsp3) is 0.320. The molecule has 0 bridgehead atoms. The third kappa shape index (κ3) is 6.40. The van der Waals surface area contributed by atoms with E-state index in [4.69, 9.17) is 14.6 Å². The Morgan fingerprint density at radius 1 is 0.872 bits per heavy atom. The molecule has 39 heavy (non-hydrogen) atoms. The van der Waals surface area contributed by atoms with Crippen molar-refractivity contribution in [3.8, 4) is 11.1 Å². The number of carboxylic acids is 1. The molecule has 0 unspecified atom stereocenters. The first kappa shape index (κ1) is 27.3. The van der Waals surface area contributed by atoms with Gasteiger partial charge in [-0.05, 0) is 36.4 Å². The van der Waals surface area contributed by atoms with Crippen molar-refractivity contribution in [1.82, 2.24) is 10.6 Å². The summed E-state index contributed by atoms with van der Waals surface area (Å²) in [5.41, 5.74) is 0.182. The van der Waals surface area contributed by atoms with Crippen LogP contribution in [0.2, 0.25) is 0 Å². The number of hydrogen-bond donors (Lipinski definition) is 3. The molecular weight excluding hydrogens is 522 g/mol. The number of benzene rings is 2. The minimum atomic E-state index is -1.30. The lowest BCUT2D eigenvalue weighted by molar-refractivity contribution is -0.140. The van der Waals surface area contributed by atoms with E-state index >= 15 is 8.78 Å². The molecule has 2 aromatic carbocycles. The maximum absolute atomic E-state index is 15.1. The molecule has 14 heteroatoms. The third-order valence-corrected chi connectivity index (χ3v) is 5.98. The van der Waals surface area contributed by atoms with E-state index in [0.717, 1.165) is 17.0 Å². The van der Waals surface area contributed by atoms with E-state index in [9.17, 15) is 24.0 Å². The molecule has 0 aromatic heterocycles. The van der Waals surface area contributed by atoms with Gasteiger partial charge < -0.3 is 25.2 Å². The number of carbonyl (C=O) groups is 5. The number of ether oxygens (including phenoxy) is 2. The standard InChI is InChI=1S/C25H24F2N4O8/c1-13(32)28-9-16-11-30(24(36)38-16)14-2-4-18(20(26)6-14)19-5-3-15(7-21(19)27)31-12-17(39-25(31)37)10-29-22(33)8-23(34)35/h2-7,16-17H,8-12H2,1H3,(H,28,32)(H,29,33)(H,34,35)/t16-,17-/m0/s1. The number of carboxylic acid groups (broad SMARTS) is 1. The molecule has 2 aliphatic heterocycles. The van der Waals surface area contributed by atoms with Gasteiger partial charge in [0, 0.05) is 18.1 Å². The normalized spacial score (nSPS) is 18.5. The molecule has 0 saturated carbocycles. The summed E-state index contributed by atoms with van der Waals surface area (Å²) in [6.07, 6.45) is -3.60. The molecule has 4 rings (SSSR count). The lowest BCUT2D eigenvalue weighted by Gasteiger charge is -2.16. The van der Waals surface area contributed by atoms with Crippen LogP contribution in [0.15, 0.2) is 36.4 Å². The molecule has 2 aliphatic rings. The number of amides is 4. The number of aliphatic carboxylic acids is 1. The summed E-state index contributed by atoms with van der Waals surface area (Å²) in [6.45, 7) is 1.39. The van der Waals surface area contributed by atoms with Gasteiger partial charge in [0.2, 0.25) is 11.8 Å². The highest BCUT2D eigenvalue weighted by atomic mass is 19.1. The second-order valence-corrected chi connectivity index (χ2v) is 8.87. The molecule has 12 nitrogen and oxygen atoms in total. The van der Waals surface area contributed by atoms with Crippen LogP contribution in [-0.4, -0.2) is 73.5 Å². The molecule has 0 aliphatic carbocycles. The molecule has 2 saturated heterocycles. The lowest BCUT2D eigenvalue weighted by atomic mass is 10.0. The zero-order valence-electron chi connectivity index (χ0n) is 20.6. The highest BCUT2D eigenvalue weighted by Crippen LogP contribution is 2.33. The van der Waals surface area contributed by atoms with Crippen molar-refractivity contribution in [3.63, 3.8) is 0 Å². The van der Waals surface area contributed by atoms with Gasteiger partial charge in [-0.3, -0.25) is 24.2 Å². The maximum atomic E-state index is 15.1. The van der Waals surface area contributed by atoms with Crippen LogP contribution in [0.5, 0.6) is 0 Å². The van der Waals surface area contributed by atoms with Crippen LogP contribution >= 0.6 is 0 Å². The molecule has 2 atom stereocenters. The monoisotopic (exact) mass is 546 g/mol. The lowest BCUT2D eigenvalue weighted by Crippen LogP contribution is -2.35. The summed E-state index contributed by atoms with van der Waals surface area (Å²) >= 11 is 0. The van der Waals surface area contributed by atoms with Crippen LogP contribution in [0.1, 0.15) is 13.3 Å². The average Bonchev–Trinajstić information content (AvgIpc) is 3.43. The molecule has 0 spiro atoms. The average molecular weight is 546 g/mol. The Morgan fingerprint density at radius 2 is 1.33 bits per heavy atom. The predicted molar refractivity (Wildman–Crippen MR) is 131 cm³/mol. The van der Waals surface area contributed by atoms with Crippen molar-refractivity contribution < 1.29 is 47.3 Å². The SMILES string of the molecule is CC(=O)NC[C@H]1CN(c2ccc(-c3ccc(N4C[C@H](CNC(=O)CC(=O)O)OC4=O)cc3F)c(F)c2)C(=O)O1. The van der Waals surface area contributed by atoms with Gasteiger partial charge in [-0.1, -0.05) is 0 Å². The fourth-order valence-corrected chi connectivity index (χ4v) is 4.14. The Balaban J connectivity index is 1.43. The Labute approximate surface area is 220 Å². The zero-order valence-corrected chi connectivity index (χ0v) is 20.6. The summed E-state index contributed by atoms with van der Waals surface area (Å²) < 4.78 is 40.4. The molecule has 4 amide bonds. The van der Waals surface area contributed by atoms with Crippen molar-refractivity contribution in [2.24, 2.45) is 0 Å². The van der Waals surface area contributed by atoms with Crippen LogP contribution in [0.4, 0.5) is 29.7 Å². The van der Waals surface area contributed by atoms with Gasteiger partial charge in [0.1, 0.15) is 30.3 Å². The van der Waals surface area contributed by atoms with E-state index in [0.29, 0.717) is 0 Å². The fourth-order valence-electron chi connectivity index (χ4n) is 4.14. The van der Waals surface area contributed by atoms with Gasteiger partial charge in [0.05, 0.1) is 37.6 Å². The number of carbonyl (C=O) groups excluding carboxylic acids is 4. The van der Waals surface area contributed by atoms with Gasteiger partial charge >= 0.3 is 18.2 Å². The van der Waals surface area contributed by atoms with Gasteiger partial charge in [-0.2, -0.15) is 0 Å². The molecule has 206 valence electrons. The summed E-state index contributed by atoms with van der Waals surface area (Å²) in [6, 6.07) is 7.58. The summed E-state index contributed by atoms with van der Waals surface area (Å²) in [4.78, 5) is 60.0. The van der Waals surface area contributed by atoms with Gasteiger partial charge in [0.25, 0.3) is 0 Å². The molecule has 2 heterocycles. The maximum Gasteiger partial charge on any atom is 0.414 e. The Morgan fingerprint density at radius 3 is 1.74 bits per heavy atom. The number of anilines is 2. The van der Waals surface area contributed by atoms with Gasteiger partial charge in [-0.15, -0.1) is 0 Å². The number of nitrogens with one attached hydrogen (secondary N) is 2. The van der Waals surface area contributed by atoms with E-state index in [1.165, 1.54) is 36.1 Å². The quantitative estimate of drug-likeness (QED) is 0.404. The van der Waals surface area contributed by atoms with Crippen molar-refractivity contribution in [1.29, 1.82) is 0 Å². The number of hydrogen-bond acceptors (Lipinski definition) is 7. The largest absolute Gasteiger partial charge is 0.481 e. The van der Waals surface area contributed by atoms with Crippen molar-refractivity contribution in [3.05, 3.63) is 48.0 Å². The minimum absolute atomic E-state index is 0.0249. The van der Waals surface area contributed by atoms with Crippen LogP contribution < -0.4 is 20.4 Å². The highest BCUT2D eigenvalue weighted by Gasteiger charge is 2.34. The molecule has 2 aromatic rings. The summed E-state index contributed by atoms with van der Waals surface area (Å²) in [5, 5.41) is 13.5. The first-order valence-corrected chi connectivity index (χ1v) is 11.8. The van der Waals surface area contributed by atoms with E-state index in [1.54, 1.807) is 0 Å². The van der Waals surface area contributed by atoms with Gasteiger partial charge in [0.15, 0.2) is 0 Å². The Hall–Kier alpha value is -4.75. The minimum Gasteiger partial charge on any atom is -0.481 e. The smallest absolute Gasteiger partial charge is 0.414 e. The van der Waals surface area contributed by atoms with Crippen molar-refractivity contribution in [2.45, 2.75) is 25.6 Å². The van der Waals surface area contributed by atoms with E-state index in [-0.39, 0.29) is 54.6 Å². The van der Waals surface area contributed by atoms with E-state index < -0.39 is 54.3 Å². The number of nitrogens with zero attached hydrogens (tertiary/aromatic N) is 2. The van der Waals surface area contributed by atoms with E-state index in [1.807, 2.05) is 0 Å². The molecule has 2 fully saturated rings. The van der Waals surface area contributed by atoms with Gasteiger partial charge in [-0.25, -0.2) is 18.4 Å². The number of halogens is 2. The topological polar surface area (TPSA) is 155 Å².